The van der Waals surface area contributed by atoms with Gasteiger partial charge < -0.3 is 5.32 Å². The highest BCUT2D eigenvalue weighted by atomic mass is 35.5. The highest BCUT2D eigenvalue weighted by Crippen LogP contribution is 2.33. The zero-order chi connectivity index (χ0) is 21.5. The van der Waals surface area contributed by atoms with Gasteiger partial charge in [0.15, 0.2) is 11.3 Å². The molecule has 3 aromatic carbocycles. The molecule has 7 heteroatoms. The first-order chi connectivity index (χ1) is 15.0. The van der Waals surface area contributed by atoms with E-state index >= 15 is 0 Å². The van der Waals surface area contributed by atoms with Crippen LogP contribution in [0.25, 0.3) is 27.5 Å². The zero-order valence-corrected chi connectivity index (χ0v) is 17.7. The number of hydrogen-bond donors (Lipinski definition) is 1. The van der Waals surface area contributed by atoms with Crippen molar-refractivity contribution in [2.75, 3.05) is 5.32 Å². The number of nitrogens with zero attached hydrogens (tertiary/aromatic N) is 4. The summed E-state index contributed by atoms with van der Waals surface area (Å²) in [7, 11) is 0. The third-order valence-electron chi connectivity index (χ3n) is 5.32. The summed E-state index contributed by atoms with van der Waals surface area (Å²) in [6.45, 7) is 3.76. The number of amides is 1. The van der Waals surface area contributed by atoms with Crippen LogP contribution in [0.15, 0.2) is 66.7 Å². The van der Waals surface area contributed by atoms with E-state index in [1.54, 1.807) is 28.8 Å². The molecule has 0 bridgehead atoms. The number of carbonyl (C=O) groups excluding carboxylic acids is 1. The van der Waals surface area contributed by atoms with Crippen LogP contribution in [0.2, 0.25) is 5.02 Å². The average molecular weight is 428 g/mol. The molecule has 5 rings (SSSR count). The molecule has 5 aromatic rings. The van der Waals surface area contributed by atoms with Gasteiger partial charge in [0.2, 0.25) is 0 Å². The van der Waals surface area contributed by atoms with Crippen molar-refractivity contribution in [1.82, 2.24) is 19.8 Å². The maximum absolute atomic E-state index is 12.8. The van der Waals surface area contributed by atoms with Crippen LogP contribution in [0, 0.1) is 13.8 Å². The number of rotatable bonds is 3. The normalized spacial score (nSPS) is 11.2. The monoisotopic (exact) mass is 427 g/mol. The number of carbonyl (C=O) groups is 1. The van der Waals surface area contributed by atoms with Crippen molar-refractivity contribution in [3.63, 3.8) is 0 Å². The number of halogens is 1. The number of aryl methyl sites for hydroxylation is 2. The topological polar surface area (TPSA) is 72.2 Å². The van der Waals surface area contributed by atoms with Gasteiger partial charge in [-0.2, -0.15) is 5.10 Å². The Morgan fingerprint density at radius 3 is 2.48 bits per heavy atom. The molecule has 152 valence electrons. The van der Waals surface area contributed by atoms with E-state index in [1.165, 1.54) is 0 Å². The molecule has 0 saturated heterocycles. The number of aromatic nitrogens is 4. The Kier molecular flexibility index (Phi) is 4.64. The molecule has 1 amide bonds. The van der Waals surface area contributed by atoms with E-state index in [2.05, 4.69) is 44.9 Å². The molecular weight excluding hydrogens is 410 g/mol. The maximum atomic E-state index is 12.8. The van der Waals surface area contributed by atoms with Gasteiger partial charge in [0.05, 0.1) is 17.0 Å². The minimum absolute atomic E-state index is 0.217. The van der Waals surface area contributed by atoms with Crippen LogP contribution in [0.5, 0.6) is 0 Å². The fourth-order valence-corrected chi connectivity index (χ4v) is 3.93. The summed E-state index contributed by atoms with van der Waals surface area (Å²) < 4.78 is 1.69. The molecule has 0 aliphatic rings. The fraction of sp³-hybridized carbons (Fsp3) is 0.0833. The molecule has 2 aromatic heterocycles. The van der Waals surface area contributed by atoms with Crippen molar-refractivity contribution in [3.05, 3.63) is 88.8 Å². The van der Waals surface area contributed by atoms with Gasteiger partial charge in [-0.05, 0) is 54.4 Å². The highest BCUT2D eigenvalue weighted by Gasteiger charge is 2.21. The molecule has 6 nitrogen and oxygen atoms in total. The van der Waals surface area contributed by atoms with Crippen molar-refractivity contribution >= 4 is 39.6 Å². The van der Waals surface area contributed by atoms with Gasteiger partial charge in [-0.15, -0.1) is 10.2 Å². The van der Waals surface area contributed by atoms with E-state index < -0.39 is 0 Å². The molecule has 0 atom stereocenters. The summed E-state index contributed by atoms with van der Waals surface area (Å²) in [5.74, 6) is -0.353. The van der Waals surface area contributed by atoms with Gasteiger partial charge in [-0.1, -0.05) is 54.1 Å². The van der Waals surface area contributed by atoms with Crippen LogP contribution in [-0.4, -0.2) is 25.7 Å². The summed E-state index contributed by atoms with van der Waals surface area (Å²) in [6, 6.07) is 21.3. The predicted octanol–water partition coefficient (Wildman–Crippen LogP) is 5.47. The lowest BCUT2D eigenvalue weighted by atomic mass is 9.98. The van der Waals surface area contributed by atoms with Crippen molar-refractivity contribution in [2.24, 2.45) is 0 Å². The highest BCUT2D eigenvalue weighted by molar-refractivity contribution is 6.30. The van der Waals surface area contributed by atoms with Gasteiger partial charge >= 0.3 is 0 Å². The summed E-state index contributed by atoms with van der Waals surface area (Å²) in [5, 5.41) is 19.0. The summed E-state index contributed by atoms with van der Waals surface area (Å²) in [4.78, 5) is 12.8. The number of nitrogens with one attached hydrogen (secondary N) is 1. The van der Waals surface area contributed by atoms with E-state index in [9.17, 15) is 4.79 Å². The van der Waals surface area contributed by atoms with Crippen LogP contribution in [0.1, 0.15) is 21.9 Å². The lowest BCUT2D eigenvalue weighted by molar-refractivity contribution is 0.102. The van der Waals surface area contributed by atoms with Gasteiger partial charge in [-0.25, -0.2) is 4.52 Å². The average Bonchev–Trinajstić information content (AvgIpc) is 3.12. The molecule has 1 N–H and O–H groups in total. The van der Waals surface area contributed by atoms with E-state index in [4.69, 9.17) is 11.6 Å². The molecule has 2 heterocycles. The van der Waals surface area contributed by atoms with Gasteiger partial charge in [0, 0.05) is 10.7 Å². The Bertz CT molecular complexity index is 1450. The zero-order valence-electron chi connectivity index (χ0n) is 16.9. The summed E-state index contributed by atoms with van der Waals surface area (Å²) in [5.41, 5.74) is 4.86. The van der Waals surface area contributed by atoms with Crippen molar-refractivity contribution in [2.45, 2.75) is 13.8 Å². The smallest absolute Gasteiger partial charge is 0.278 e. The molecule has 0 radical (unpaired) electrons. The Morgan fingerprint density at radius 1 is 0.935 bits per heavy atom. The molecule has 0 saturated carbocycles. The van der Waals surface area contributed by atoms with Gasteiger partial charge in [-0.3, -0.25) is 4.79 Å². The molecule has 0 fully saturated rings. The van der Waals surface area contributed by atoms with Gasteiger partial charge in [0.25, 0.3) is 5.91 Å². The van der Waals surface area contributed by atoms with E-state index in [0.717, 1.165) is 27.6 Å². The molecule has 0 aliphatic carbocycles. The quantitative estimate of drug-likeness (QED) is 0.414. The summed E-state index contributed by atoms with van der Waals surface area (Å²) in [6.07, 6.45) is 0. The van der Waals surface area contributed by atoms with E-state index in [0.29, 0.717) is 22.1 Å². The number of anilines is 1. The second-order valence-electron chi connectivity index (χ2n) is 7.32. The SMILES string of the molecule is Cc1nn2c(C)c(C(=O)Nc3ccc(Cl)cc3)nnc2c1-c1cccc2ccccc12. The van der Waals surface area contributed by atoms with Crippen molar-refractivity contribution in [3.8, 4) is 11.1 Å². The van der Waals surface area contributed by atoms with E-state index in [-0.39, 0.29) is 11.6 Å². The van der Waals surface area contributed by atoms with Gasteiger partial charge in [0.1, 0.15) is 0 Å². The van der Waals surface area contributed by atoms with Crippen molar-refractivity contribution < 1.29 is 4.79 Å². The second kappa shape index (κ2) is 7.49. The maximum Gasteiger partial charge on any atom is 0.278 e. The molecule has 31 heavy (non-hydrogen) atoms. The Balaban J connectivity index is 1.61. The van der Waals surface area contributed by atoms with Crippen LogP contribution in [-0.2, 0) is 0 Å². The standard InChI is InChI=1S/C24H18ClN5O/c1-14-21(20-9-5-7-16-6-3-4-8-19(16)20)23-28-27-22(15(2)30(23)29-14)24(31)26-18-12-10-17(25)11-13-18/h3-13H,1-2H3,(H,26,31). The second-order valence-corrected chi connectivity index (χ2v) is 7.75. The van der Waals surface area contributed by atoms with Crippen molar-refractivity contribution in [1.29, 1.82) is 0 Å². The van der Waals surface area contributed by atoms with Crippen LogP contribution in [0.4, 0.5) is 5.69 Å². The molecular formula is C24H18ClN5O. The molecule has 0 aliphatic heterocycles. The largest absolute Gasteiger partial charge is 0.321 e. The first-order valence-corrected chi connectivity index (χ1v) is 10.2. The van der Waals surface area contributed by atoms with Crippen LogP contribution < -0.4 is 5.32 Å². The first kappa shape index (κ1) is 19.2. The number of hydrogen-bond acceptors (Lipinski definition) is 4. The molecule has 0 spiro atoms. The third kappa shape index (κ3) is 3.31. The minimum Gasteiger partial charge on any atom is -0.321 e. The van der Waals surface area contributed by atoms with Crippen LogP contribution in [0.3, 0.4) is 0 Å². The number of fused-ring (bicyclic) bond motifs is 2. The molecule has 0 unspecified atom stereocenters. The predicted molar refractivity (Wildman–Crippen MR) is 123 cm³/mol. The first-order valence-electron chi connectivity index (χ1n) is 9.80. The Morgan fingerprint density at radius 2 is 1.68 bits per heavy atom. The third-order valence-corrected chi connectivity index (χ3v) is 5.57. The van der Waals surface area contributed by atoms with E-state index in [1.807, 2.05) is 32.0 Å². The minimum atomic E-state index is -0.353. The van der Waals surface area contributed by atoms with Crippen LogP contribution >= 0.6 is 11.6 Å². The lowest BCUT2D eigenvalue weighted by Crippen LogP contribution is -2.18. The fourth-order valence-electron chi connectivity index (χ4n) is 3.80. The Hall–Kier alpha value is -3.77. The summed E-state index contributed by atoms with van der Waals surface area (Å²) >= 11 is 5.91. The Labute approximate surface area is 183 Å². The number of benzene rings is 3. The lowest BCUT2D eigenvalue weighted by Gasteiger charge is -2.09.